The zero-order valence-electron chi connectivity index (χ0n) is 14.1. The Balaban J connectivity index is 2.36. The molecule has 1 saturated heterocycles. The normalized spacial score (nSPS) is 17.5. The lowest BCUT2D eigenvalue weighted by Gasteiger charge is -2.33. The SMILES string of the molecule is CN=C(NCCN(C)C(C)C)N1CCC(C(=O)OC)CC1. The van der Waals surface area contributed by atoms with Gasteiger partial charge in [-0.3, -0.25) is 9.79 Å². The van der Waals surface area contributed by atoms with Crippen molar-refractivity contribution in [1.29, 1.82) is 0 Å². The standard InChI is InChI=1S/C15H30N4O2/c1-12(2)18(4)11-8-17-15(16-3)19-9-6-13(7-10-19)14(20)21-5/h12-13H,6-11H2,1-5H3,(H,16,17). The number of likely N-dealkylation sites (N-methyl/N-ethyl adjacent to an activating group) is 1. The molecule has 0 aliphatic carbocycles. The number of piperidine rings is 1. The lowest BCUT2D eigenvalue weighted by atomic mass is 9.97. The molecule has 0 radical (unpaired) electrons. The summed E-state index contributed by atoms with van der Waals surface area (Å²) in [7, 11) is 5.39. The third-order valence-electron chi connectivity index (χ3n) is 4.17. The first-order valence-electron chi connectivity index (χ1n) is 7.73. The zero-order chi connectivity index (χ0) is 15.8. The molecule has 0 aromatic heterocycles. The minimum absolute atomic E-state index is 0.0384. The molecule has 0 bridgehead atoms. The molecular weight excluding hydrogens is 268 g/mol. The van der Waals surface area contributed by atoms with Crippen LogP contribution in [0, 0.1) is 5.92 Å². The number of carbonyl (C=O) groups excluding carboxylic acids is 1. The van der Waals surface area contributed by atoms with E-state index in [9.17, 15) is 4.79 Å². The third kappa shape index (κ3) is 5.53. The highest BCUT2D eigenvalue weighted by Crippen LogP contribution is 2.18. The molecule has 1 N–H and O–H groups in total. The summed E-state index contributed by atoms with van der Waals surface area (Å²) in [6.45, 7) is 7.92. The molecule has 0 atom stereocenters. The first-order valence-corrected chi connectivity index (χ1v) is 7.73. The maximum Gasteiger partial charge on any atom is 0.308 e. The first-order chi connectivity index (χ1) is 9.99. The number of nitrogens with one attached hydrogen (secondary N) is 1. The molecule has 6 heteroatoms. The van der Waals surface area contributed by atoms with Crippen LogP contribution in [0.4, 0.5) is 0 Å². The molecule has 21 heavy (non-hydrogen) atoms. The van der Waals surface area contributed by atoms with E-state index >= 15 is 0 Å². The summed E-state index contributed by atoms with van der Waals surface area (Å²) in [4.78, 5) is 20.4. The minimum atomic E-state index is -0.0869. The Morgan fingerprint density at radius 1 is 1.43 bits per heavy atom. The van der Waals surface area contributed by atoms with Crippen LogP contribution >= 0.6 is 0 Å². The number of hydrogen-bond donors (Lipinski definition) is 1. The molecule has 0 aromatic rings. The van der Waals surface area contributed by atoms with Gasteiger partial charge in [0.05, 0.1) is 13.0 Å². The van der Waals surface area contributed by atoms with E-state index in [1.165, 1.54) is 7.11 Å². The Morgan fingerprint density at radius 3 is 2.52 bits per heavy atom. The fourth-order valence-corrected chi connectivity index (χ4v) is 2.43. The summed E-state index contributed by atoms with van der Waals surface area (Å²) >= 11 is 0. The summed E-state index contributed by atoms with van der Waals surface area (Å²) in [6, 6.07) is 0.546. The van der Waals surface area contributed by atoms with Gasteiger partial charge in [0.2, 0.25) is 0 Å². The lowest BCUT2D eigenvalue weighted by molar-refractivity contribution is -0.146. The monoisotopic (exact) mass is 298 g/mol. The van der Waals surface area contributed by atoms with Crippen molar-refractivity contribution in [2.45, 2.75) is 32.7 Å². The maximum absolute atomic E-state index is 11.5. The Kier molecular flexibility index (Phi) is 7.50. The van der Waals surface area contributed by atoms with Crippen LogP contribution in [0.1, 0.15) is 26.7 Å². The molecule has 0 unspecified atom stereocenters. The average molecular weight is 298 g/mol. The number of ether oxygens (including phenoxy) is 1. The van der Waals surface area contributed by atoms with Crippen molar-refractivity contribution in [2.24, 2.45) is 10.9 Å². The number of likely N-dealkylation sites (tertiary alicyclic amines) is 1. The molecule has 1 fully saturated rings. The molecule has 0 aromatic carbocycles. The number of nitrogens with zero attached hydrogens (tertiary/aromatic N) is 3. The molecule has 0 spiro atoms. The molecule has 0 saturated carbocycles. The van der Waals surface area contributed by atoms with Crippen LogP contribution in [0.25, 0.3) is 0 Å². The van der Waals surface area contributed by atoms with E-state index in [4.69, 9.17) is 4.74 Å². The van der Waals surface area contributed by atoms with Gasteiger partial charge in [-0.15, -0.1) is 0 Å². The van der Waals surface area contributed by atoms with Crippen LogP contribution in [0.2, 0.25) is 0 Å². The number of rotatable bonds is 5. The number of esters is 1. The Hall–Kier alpha value is -1.30. The molecule has 122 valence electrons. The predicted octanol–water partition coefficient (Wildman–Crippen LogP) is 0.787. The summed E-state index contributed by atoms with van der Waals surface area (Å²) in [5.74, 6) is 0.878. The Morgan fingerprint density at radius 2 is 2.05 bits per heavy atom. The quantitative estimate of drug-likeness (QED) is 0.462. The van der Waals surface area contributed by atoms with Gasteiger partial charge in [-0.05, 0) is 33.7 Å². The van der Waals surface area contributed by atoms with E-state index < -0.39 is 0 Å². The van der Waals surface area contributed by atoms with Crippen molar-refractivity contribution >= 4 is 11.9 Å². The van der Waals surface area contributed by atoms with Crippen molar-refractivity contribution in [3.8, 4) is 0 Å². The predicted molar refractivity (Wildman–Crippen MR) is 85.4 cm³/mol. The van der Waals surface area contributed by atoms with Crippen LogP contribution in [0.15, 0.2) is 4.99 Å². The fourth-order valence-electron chi connectivity index (χ4n) is 2.43. The van der Waals surface area contributed by atoms with Crippen molar-refractivity contribution in [1.82, 2.24) is 15.1 Å². The maximum atomic E-state index is 11.5. The number of carbonyl (C=O) groups is 1. The second-order valence-electron chi connectivity index (χ2n) is 5.83. The van der Waals surface area contributed by atoms with Crippen molar-refractivity contribution in [3.05, 3.63) is 0 Å². The number of aliphatic imine (C=N–C) groups is 1. The highest BCUT2D eigenvalue weighted by molar-refractivity contribution is 5.80. The van der Waals surface area contributed by atoms with Crippen LogP contribution in [-0.4, -0.2) is 75.2 Å². The first kappa shape index (κ1) is 17.8. The van der Waals surface area contributed by atoms with E-state index in [0.29, 0.717) is 6.04 Å². The number of guanidine groups is 1. The highest BCUT2D eigenvalue weighted by atomic mass is 16.5. The molecule has 0 amide bonds. The van der Waals surface area contributed by atoms with Crippen LogP contribution in [0.5, 0.6) is 0 Å². The smallest absolute Gasteiger partial charge is 0.308 e. The van der Waals surface area contributed by atoms with Crippen LogP contribution in [0.3, 0.4) is 0 Å². The summed E-state index contributed by atoms with van der Waals surface area (Å²) < 4.78 is 4.82. The van der Waals surface area contributed by atoms with E-state index in [1.54, 1.807) is 7.05 Å². The number of hydrogen-bond acceptors (Lipinski definition) is 4. The van der Waals surface area contributed by atoms with Crippen molar-refractivity contribution in [3.63, 3.8) is 0 Å². The molecule has 1 aliphatic heterocycles. The van der Waals surface area contributed by atoms with Crippen LogP contribution in [-0.2, 0) is 9.53 Å². The van der Waals surface area contributed by atoms with Gasteiger partial charge >= 0.3 is 5.97 Å². The van der Waals surface area contributed by atoms with Gasteiger partial charge in [0, 0.05) is 39.3 Å². The fraction of sp³-hybridized carbons (Fsp3) is 0.867. The zero-order valence-corrected chi connectivity index (χ0v) is 14.1. The van der Waals surface area contributed by atoms with Gasteiger partial charge in [0.15, 0.2) is 5.96 Å². The summed E-state index contributed by atoms with van der Waals surface area (Å²) in [6.07, 6.45) is 1.67. The Labute approximate surface area is 128 Å². The van der Waals surface area contributed by atoms with Gasteiger partial charge in [0.25, 0.3) is 0 Å². The molecule has 6 nitrogen and oxygen atoms in total. The van der Waals surface area contributed by atoms with Gasteiger partial charge in [-0.1, -0.05) is 0 Å². The molecule has 1 heterocycles. The van der Waals surface area contributed by atoms with E-state index in [1.807, 2.05) is 0 Å². The van der Waals surface area contributed by atoms with Gasteiger partial charge < -0.3 is 19.9 Å². The van der Waals surface area contributed by atoms with Gasteiger partial charge in [-0.25, -0.2) is 0 Å². The molecule has 1 rings (SSSR count). The Bertz CT molecular complexity index is 350. The van der Waals surface area contributed by atoms with Crippen molar-refractivity contribution in [2.75, 3.05) is 47.4 Å². The van der Waals surface area contributed by atoms with E-state index in [-0.39, 0.29) is 11.9 Å². The summed E-state index contributed by atoms with van der Waals surface area (Å²) in [5, 5.41) is 3.40. The number of methoxy groups -OCH3 is 1. The van der Waals surface area contributed by atoms with E-state index in [2.05, 4.69) is 41.0 Å². The largest absolute Gasteiger partial charge is 0.469 e. The minimum Gasteiger partial charge on any atom is -0.469 e. The lowest BCUT2D eigenvalue weighted by Crippen LogP contribution is -2.48. The average Bonchev–Trinajstić information content (AvgIpc) is 2.50. The van der Waals surface area contributed by atoms with Gasteiger partial charge in [-0.2, -0.15) is 0 Å². The topological polar surface area (TPSA) is 57.2 Å². The van der Waals surface area contributed by atoms with Gasteiger partial charge in [0.1, 0.15) is 0 Å². The molecular formula is C15H30N4O2. The third-order valence-corrected chi connectivity index (χ3v) is 4.17. The summed E-state index contributed by atoms with van der Waals surface area (Å²) in [5.41, 5.74) is 0. The second kappa shape index (κ2) is 8.87. The van der Waals surface area contributed by atoms with Crippen LogP contribution < -0.4 is 5.32 Å². The van der Waals surface area contributed by atoms with Crippen molar-refractivity contribution < 1.29 is 9.53 Å². The van der Waals surface area contributed by atoms with E-state index in [0.717, 1.165) is 45.0 Å². The molecule has 1 aliphatic rings. The highest BCUT2D eigenvalue weighted by Gasteiger charge is 2.26. The second-order valence-corrected chi connectivity index (χ2v) is 5.83.